The molecule has 6 rings (SSSR count). The zero-order valence-electron chi connectivity index (χ0n) is 21.2. The summed E-state index contributed by atoms with van der Waals surface area (Å²) in [7, 11) is 0. The molecule has 1 aliphatic heterocycles. The Bertz CT molecular complexity index is 1570. The lowest BCUT2D eigenvalue weighted by Crippen LogP contribution is -2.58. The highest BCUT2D eigenvalue weighted by Gasteiger charge is 2.53. The van der Waals surface area contributed by atoms with Gasteiger partial charge in [-0.25, -0.2) is 9.07 Å². The lowest BCUT2D eigenvalue weighted by Gasteiger charge is -2.49. The van der Waals surface area contributed by atoms with Gasteiger partial charge in [0.25, 0.3) is 5.91 Å². The number of ketones is 1. The molecule has 2 atom stereocenters. The number of rotatable bonds is 4. The summed E-state index contributed by atoms with van der Waals surface area (Å²) in [5.41, 5.74) is 1.11. The molecule has 2 aromatic carbocycles. The molecule has 1 saturated heterocycles. The fourth-order valence-corrected chi connectivity index (χ4v) is 6.03. The molecular weight excluding hydrogens is 524 g/mol. The maximum Gasteiger partial charge on any atom is 0.416 e. The van der Waals surface area contributed by atoms with Gasteiger partial charge in [0, 0.05) is 30.5 Å². The highest BCUT2D eigenvalue weighted by atomic mass is 19.4. The van der Waals surface area contributed by atoms with Crippen LogP contribution in [0.15, 0.2) is 79.1 Å². The number of halogens is 4. The summed E-state index contributed by atoms with van der Waals surface area (Å²) in [5, 5.41) is 4.54. The third-order valence-electron chi connectivity index (χ3n) is 8.07. The van der Waals surface area contributed by atoms with Crippen LogP contribution in [-0.4, -0.2) is 44.4 Å². The van der Waals surface area contributed by atoms with Crippen molar-refractivity contribution in [1.29, 1.82) is 0 Å². The summed E-state index contributed by atoms with van der Waals surface area (Å²) in [4.78, 5) is 33.5. The van der Waals surface area contributed by atoms with Crippen molar-refractivity contribution < 1.29 is 27.2 Å². The molecule has 10 heteroatoms. The maximum absolute atomic E-state index is 14.1. The quantitative estimate of drug-likeness (QED) is 0.248. The van der Waals surface area contributed by atoms with Gasteiger partial charge in [-0.1, -0.05) is 6.07 Å². The zero-order valence-corrected chi connectivity index (χ0v) is 21.2. The number of alkyl halides is 3. The van der Waals surface area contributed by atoms with Crippen molar-refractivity contribution in [1.82, 2.24) is 19.7 Å². The second-order valence-electron chi connectivity index (χ2n) is 10.4. The van der Waals surface area contributed by atoms with Gasteiger partial charge in [-0.05, 0) is 91.4 Å². The first kappa shape index (κ1) is 25.9. The summed E-state index contributed by atoms with van der Waals surface area (Å²) >= 11 is 0. The topological polar surface area (TPSA) is 68.1 Å². The maximum atomic E-state index is 14.1. The van der Waals surface area contributed by atoms with E-state index in [9.17, 15) is 27.2 Å². The minimum atomic E-state index is -4.50. The number of fused-ring (bicyclic) bond motifs is 2. The van der Waals surface area contributed by atoms with E-state index in [1.54, 1.807) is 52.3 Å². The molecule has 0 radical (unpaired) electrons. The molecule has 3 heterocycles. The highest BCUT2D eigenvalue weighted by molar-refractivity contribution is 6.01. The van der Waals surface area contributed by atoms with Gasteiger partial charge in [-0.3, -0.25) is 14.6 Å². The number of likely N-dealkylation sites (tertiary alicyclic amines) is 1. The Hall–Kier alpha value is -4.34. The molecule has 0 N–H and O–H groups in total. The van der Waals surface area contributed by atoms with Gasteiger partial charge >= 0.3 is 6.18 Å². The minimum Gasteiger partial charge on any atom is -0.338 e. The Kier molecular flexibility index (Phi) is 6.28. The number of nitrogens with zero attached hydrogens (tertiary/aromatic N) is 4. The van der Waals surface area contributed by atoms with Gasteiger partial charge in [0.15, 0.2) is 5.78 Å². The van der Waals surface area contributed by atoms with Crippen LogP contribution in [0.5, 0.6) is 0 Å². The lowest BCUT2D eigenvalue weighted by atomic mass is 9.59. The van der Waals surface area contributed by atoms with E-state index >= 15 is 0 Å². The van der Waals surface area contributed by atoms with Gasteiger partial charge in [-0.15, -0.1) is 0 Å². The predicted octanol–water partition coefficient (Wildman–Crippen LogP) is 5.56. The van der Waals surface area contributed by atoms with Gasteiger partial charge in [0.1, 0.15) is 11.5 Å². The van der Waals surface area contributed by atoms with Crippen LogP contribution in [0.1, 0.15) is 44.1 Å². The summed E-state index contributed by atoms with van der Waals surface area (Å²) in [6.45, 7) is 0.454. The molecule has 1 unspecified atom stereocenters. The van der Waals surface area contributed by atoms with Crippen LogP contribution in [0.3, 0.4) is 0 Å². The Balaban J connectivity index is 1.36. The van der Waals surface area contributed by atoms with E-state index in [2.05, 4.69) is 10.1 Å². The number of amides is 1. The standard InChI is InChI=1S/C30H24F4N4O2/c31-23-8-10-24(11-9-23)38-26-15-22-12-14-37(28(40)19-4-6-21(7-5-19)30(32,33)34)18-29(22,16-20(26)17-36-38)27(39)25-3-1-2-13-35-25/h1-11,13,17,22H,12,14-16,18H2/t22?,29-/m0/s1. The highest BCUT2D eigenvalue weighted by Crippen LogP contribution is 2.47. The summed E-state index contributed by atoms with van der Waals surface area (Å²) in [6.07, 6.45) is 0.108. The summed E-state index contributed by atoms with van der Waals surface area (Å²) in [6, 6.07) is 15.3. The van der Waals surface area contributed by atoms with Gasteiger partial charge in [0.2, 0.25) is 0 Å². The van der Waals surface area contributed by atoms with Gasteiger partial charge in [-0.2, -0.15) is 18.3 Å². The summed E-state index contributed by atoms with van der Waals surface area (Å²) < 4.78 is 54.4. The Morgan fingerprint density at radius 1 is 0.975 bits per heavy atom. The molecule has 1 fully saturated rings. The molecule has 1 amide bonds. The Morgan fingerprint density at radius 2 is 1.73 bits per heavy atom. The number of carbonyl (C=O) groups is 2. The fourth-order valence-electron chi connectivity index (χ4n) is 6.03. The van der Waals surface area contributed by atoms with E-state index in [4.69, 9.17) is 0 Å². The largest absolute Gasteiger partial charge is 0.416 e. The number of hydrogen-bond acceptors (Lipinski definition) is 4. The molecule has 40 heavy (non-hydrogen) atoms. The Morgan fingerprint density at radius 3 is 2.40 bits per heavy atom. The molecule has 0 spiro atoms. The van der Waals surface area contributed by atoms with Crippen LogP contribution in [0.4, 0.5) is 17.6 Å². The van der Waals surface area contributed by atoms with E-state index in [0.29, 0.717) is 37.2 Å². The van der Waals surface area contributed by atoms with Crippen molar-refractivity contribution in [2.24, 2.45) is 11.3 Å². The average Bonchev–Trinajstić information content (AvgIpc) is 3.37. The molecule has 1 aliphatic carbocycles. The zero-order chi connectivity index (χ0) is 28.1. The van der Waals surface area contributed by atoms with Crippen molar-refractivity contribution in [2.45, 2.75) is 25.4 Å². The normalized spacial score (nSPS) is 20.5. The molecule has 204 valence electrons. The van der Waals surface area contributed by atoms with Crippen LogP contribution >= 0.6 is 0 Å². The number of hydrogen-bond donors (Lipinski definition) is 0. The van der Waals surface area contributed by atoms with E-state index < -0.39 is 23.1 Å². The third-order valence-corrected chi connectivity index (χ3v) is 8.07. The first-order chi connectivity index (χ1) is 19.2. The second kappa shape index (κ2) is 9.69. The predicted molar refractivity (Wildman–Crippen MR) is 137 cm³/mol. The smallest absolute Gasteiger partial charge is 0.338 e. The van der Waals surface area contributed by atoms with Gasteiger partial charge < -0.3 is 4.90 Å². The molecule has 0 bridgehead atoms. The molecule has 2 aliphatic rings. The lowest BCUT2D eigenvalue weighted by molar-refractivity contribution is -0.137. The van der Waals surface area contributed by atoms with E-state index in [-0.39, 0.29) is 29.6 Å². The van der Waals surface area contributed by atoms with Crippen LogP contribution in [-0.2, 0) is 19.0 Å². The molecular formula is C30H24F4N4O2. The van der Waals surface area contributed by atoms with E-state index in [1.807, 2.05) is 0 Å². The van der Waals surface area contributed by atoms with Gasteiger partial charge in [0.05, 0.1) is 22.9 Å². The van der Waals surface area contributed by atoms with Crippen molar-refractivity contribution >= 4 is 11.7 Å². The first-order valence-corrected chi connectivity index (χ1v) is 12.9. The molecule has 2 aromatic heterocycles. The van der Waals surface area contributed by atoms with E-state index in [0.717, 1.165) is 23.4 Å². The minimum absolute atomic E-state index is 0.105. The molecule has 0 saturated carbocycles. The number of aromatic nitrogens is 3. The van der Waals surface area contributed by atoms with Crippen molar-refractivity contribution in [2.75, 3.05) is 13.1 Å². The number of pyridine rings is 1. The van der Waals surface area contributed by atoms with Crippen LogP contribution in [0.25, 0.3) is 5.69 Å². The number of Topliss-reactive ketones (excluding diaryl/α,β-unsaturated/α-hetero) is 1. The SMILES string of the molecule is O=C(c1ccc(C(F)(F)F)cc1)N1CCC2Cc3c(cnn3-c3ccc(F)cc3)C[C@]2(C(=O)c2ccccn2)C1. The summed E-state index contributed by atoms with van der Waals surface area (Å²) in [5.74, 6) is -1.09. The van der Waals surface area contributed by atoms with Crippen LogP contribution in [0.2, 0.25) is 0 Å². The second-order valence-corrected chi connectivity index (χ2v) is 10.4. The Labute approximate surface area is 227 Å². The number of piperidine rings is 1. The van der Waals surface area contributed by atoms with Crippen LogP contribution < -0.4 is 0 Å². The van der Waals surface area contributed by atoms with Crippen molar-refractivity contribution in [3.8, 4) is 5.69 Å². The van der Waals surface area contributed by atoms with Crippen molar-refractivity contribution in [3.05, 3.63) is 113 Å². The average molecular weight is 549 g/mol. The van der Waals surface area contributed by atoms with E-state index in [1.165, 1.54) is 24.3 Å². The fraction of sp³-hybridized carbons (Fsp3) is 0.267. The third kappa shape index (κ3) is 4.47. The molecule has 6 nitrogen and oxygen atoms in total. The number of carbonyl (C=O) groups excluding carboxylic acids is 2. The number of benzene rings is 2. The van der Waals surface area contributed by atoms with Crippen molar-refractivity contribution in [3.63, 3.8) is 0 Å². The monoisotopic (exact) mass is 548 g/mol. The van der Waals surface area contributed by atoms with Crippen LogP contribution in [0, 0.1) is 17.2 Å². The first-order valence-electron chi connectivity index (χ1n) is 12.9. The molecule has 4 aromatic rings.